The van der Waals surface area contributed by atoms with E-state index in [1.165, 1.54) is 24.4 Å². The molecular weight excluding hydrogens is 386 g/mol. The average molecular weight is 403 g/mol. The smallest absolute Gasteiger partial charge is 0.261 e. The van der Waals surface area contributed by atoms with Crippen molar-refractivity contribution in [3.8, 4) is 0 Å². The number of aryl methyl sites for hydroxylation is 1. The Labute approximate surface area is 164 Å². The molecule has 0 atom stereocenters. The monoisotopic (exact) mass is 402 g/mol. The fourth-order valence-corrected chi connectivity index (χ4v) is 3.38. The van der Waals surface area contributed by atoms with Gasteiger partial charge < -0.3 is 17.7 Å². The number of rotatable bonds is 5. The molecule has 27 heavy (non-hydrogen) atoms. The van der Waals surface area contributed by atoms with Crippen molar-refractivity contribution in [1.29, 1.82) is 0 Å². The molecule has 0 saturated carbocycles. The maximum absolute atomic E-state index is 12.6. The second-order valence-corrected chi connectivity index (χ2v) is 7.38. The Morgan fingerprint density at radius 2 is 1.70 bits per heavy atom. The summed E-state index contributed by atoms with van der Waals surface area (Å²) in [6.07, 6.45) is 3.11. The van der Waals surface area contributed by atoms with E-state index in [-0.39, 0.29) is 22.9 Å². The highest BCUT2D eigenvalue weighted by molar-refractivity contribution is 7.92. The van der Waals surface area contributed by atoms with Crippen LogP contribution >= 0.6 is 0 Å². The molecule has 6 nitrogen and oxygen atoms in total. The number of nitrogens with zero attached hydrogens (tertiary/aromatic N) is 1. The van der Waals surface area contributed by atoms with E-state index >= 15 is 0 Å². The number of sulfonamides is 1. The number of amides is 1. The highest BCUT2D eigenvalue weighted by Gasteiger charge is 2.16. The van der Waals surface area contributed by atoms with E-state index in [1.54, 1.807) is 36.5 Å². The van der Waals surface area contributed by atoms with Crippen LogP contribution < -0.4 is 22.4 Å². The molecule has 0 spiro atoms. The van der Waals surface area contributed by atoms with Crippen molar-refractivity contribution in [3.63, 3.8) is 0 Å². The fraction of sp³-hybridized carbons (Fsp3) is 0.0526. The van der Waals surface area contributed by atoms with Crippen molar-refractivity contribution in [3.05, 3.63) is 84.2 Å². The molecule has 1 amide bonds. The van der Waals surface area contributed by atoms with Crippen LogP contribution in [0, 0.1) is 6.92 Å². The third-order valence-corrected chi connectivity index (χ3v) is 5.01. The minimum Gasteiger partial charge on any atom is -1.00 e. The molecular formula is C19H17ClN3O3S-. The Morgan fingerprint density at radius 1 is 0.963 bits per heavy atom. The third-order valence-electron chi connectivity index (χ3n) is 3.63. The van der Waals surface area contributed by atoms with Crippen LogP contribution in [0.15, 0.2) is 78.0 Å². The minimum absolute atomic E-state index is 0. The van der Waals surface area contributed by atoms with E-state index in [1.807, 2.05) is 19.1 Å². The number of nitrogens with one attached hydrogen (secondary N) is 2. The van der Waals surface area contributed by atoms with Crippen LogP contribution in [0.3, 0.4) is 0 Å². The van der Waals surface area contributed by atoms with Gasteiger partial charge in [-0.3, -0.25) is 14.5 Å². The maximum atomic E-state index is 12.6. The van der Waals surface area contributed by atoms with E-state index in [2.05, 4.69) is 15.0 Å². The Balaban J connectivity index is 0.00000261. The van der Waals surface area contributed by atoms with Gasteiger partial charge in [-0.05, 0) is 49.4 Å². The first-order valence-electron chi connectivity index (χ1n) is 7.85. The lowest BCUT2D eigenvalue weighted by atomic mass is 10.2. The molecule has 1 heterocycles. The number of hydrogen-bond donors (Lipinski definition) is 2. The number of aromatic nitrogens is 1. The van der Waals surface area contributed by atoms with Crippen LogP contribution in [0.1, 0.15) is 15.9 Å². The zero-order chi connectivity index (χ0) is 18.6. The molecule has 2 N–H and O–H groups in total. The zero-order valence-corrected chi connectivity index (χ0v) is 16.0. The van der Waals surface area contributed by atoms with Gasteiger partial charge >= 0.3 is 0 Å². The average Bonchev–Trinajstić information content (AvgIpc) is 2.64. The van der Waals surface area contributed by atoms with Crippen LogP contribution in [-0.2, 0) is 10.0 Å². The summed E-state index contributed by atoms with van der Waals surface area (Å²) in [5, 5.41) is 2.68. The summed E-state index contributed by atoms with van der Waals surface area (Å²) in [5.41, 5.74) is 2.26. The number of benzene rings is 2. The Hall–Kier alpha value is -2.90. The minimum atomic E-state index is -3.80. The van der Waals surface area contributed by atoms with Crippen molar-refractivity contribution in [1.82, 2.24) is 4.98 Å². The molecule has 3 rings (SSSR count). The number of carbonyl (C=O) groups excluding carboxylic acids is 1. The van der Waals surface area contributed by atoms with Crippen molar-refractivity contribution >= 4 is 27.3 Å². The molecule has 8 heteroatoms. The molecule has 0 aliphatic rings. The zero-order valence-electron chi connectivity index (χ0n) is 14.4. The highest BCUT2D eigenvalue weighted by Crippen LogP contribution is 2.18. The normalized spacial score (nSPS) is 10.6. The molecule has 0 saturated heterocycles. The number of halogens is 1. The summed E-state index contributed by atoms with van der Waals surface area (Å²) in [5.74, 6) is -0.412. The number of pyridine rings is 1. The topological polar surface area (TPSA) is 88.2 Å². The van der Waals surface area contributed by atoms with Crippen LogP contribution in [0.4, 0.5) is 11.4 Å². The largest absolute Gasteiger partial charge is 1.00 e. The summed E-state index contributed by atoms with van der Waals surface area (Å²) in [6.45, 7) is 1.92. The third kappa shape index (κ3) is 5.29. The number of anilines is 2. The molecule has 0 radical (unpaired) electrons. The van der Waals surface area contributed by atoms with E-state index in [0.29, 0.717) is 11.4 Å². The predicted molar refractivity (Wildman–Crippen MR) is 101 cm³/mol. The van der Waals surface area contributed by atoms with E-state index < -0.39 is 15.9 Å². The standard InChI is InChI=1S/C19H17N3O3S.ClH/c1-14-7-9-16(10-8-14)22-26(24,25)18-6-2-4-15(12-18)19(23)21-17-5-3-11-20-13-17;/h2-13,22H,1H3,(H,21,23);1H/p-1. The van der Waals surface area contributed by atoms with Crippen molar-refractivity contribution in [2.75, 3.05) is 10.0 Å². The molecule has 2 aromatic carbocycles. The van der Waals surface area contributed by atoms with Gasteiger partial charge in [-0.15, -0.1) is 0 Å². The van der Waals surface area contributed by atoms with Gasteiger partial charge in [0.1, 0.15) is 0 Å². The lowest BCUT2D eigenvalue weighted by Crippen LogP contribution is -3.00. The SMILES string of the molecule is Cc1ccc(NS(=O)(=O)c2cccc(C(=O)Nc3cccnc3)c2)cc1.[Cl-]. The fourth-order valence-electron chi connectivity index (χ4n) is 2.28. The second kappa shape index (κ2) is 8.66. The summed E-state index contributed by atoms with van der Waals surface area (Å²) >= 11 is 0. The second-order valence-electron chi connectivity index (χ2n) is 5.70. The van der Waals surface area contributed by atoms with Crippen molar-refractivity contribution in [2.45, 2.75) is 11.8 Å². The maximum Gasteiger partial charge on any atom is 0.261 e. The van der Waals surface area contributed by atoms with Gasteiger partial charge in [0.2, 0.25) is 0 Å². The van der Waals surface area contributed by atoms with Gasteiger partial charge in [-0.1, -0.05) is 23.8 Å². The van der Waals surface area contributed by atoms with Gasteiger partial charge in [-0.2, -0.15) is 0 Å². The van der Waals surface area contributed by atoms with Crippen LogP contribution in [0.5, 0.6) is 0 Å². The molecule has 0 bridgehead atoms. The molecule has 140 valence electrons. The lowest BCUT2D eigenvalue weighted by Gasteiger charge is -2.10. The lowest BCUT2D eigenvalue weighted by molar-refractivity contribution is -0.0000153. The molecule has 0 unspecified atom stereocenters. The van der Waals surface area contributed by atoms with E-state index in [0.717, 1.165) is 5.56 Å². The molecule has 0 fully saturated rings. The van der Waals surface area contributed by atoms with Crippen molar-refractivity contribution in [2.24, 2.45) is 0 Å². The predicted octanol–water partition coefficient (Wildman–Crippen LogP) is 0.447. The van der Waals surface area contributed by atoms with Crippen LogP contribution in [-0.4, -0.2) is 19.3 Å². The molecule has 0 aliphatic carbocycles. The first kappa shape index (κ1) is 20.4. The molecule has 3 aromatic rings. The summed E-state index contributed by atoms with van der Waals surface area (Å²) < 4.78 is 27.6. The van der Waals surface area contributed by atoms with Gasteiger partial charge in [0.05, 0.1) is 16.8 Å². The Bertz CT molecular complexity index is 1020. The summed E-state index contributed by atoms with van der Waals surface area (Å²) in [6, 6.07) is 16.3. The van der Waals surface area contributed by atoms with Crippen LogP contribution in [0.2, 0.25) is 0 Å². The molecule has 0 aliphatic heterocycles. The Morgan fingerprint density at radius 3 is 2.37 bits per heavy atom. The molecule has 1 aromatic heterocycles. The number of carbonyl (C=O) groups is 1. The Kier molecular flexibility index (Phi) is 6.55. The van der Waals surface area contributed by atoms with Gasteiger partial charge in [0.25, 0.3) is 15.9 Å². The van der Waals surface area contributed by atoms with E-state index in [9.17, 15) is 13.2 Å². The van der Waals surface area contributed by atoms with Crippen LogP contribution in [0.25, 0.3) is 0 Å². The van der Waals surface area contributed by atoms with Gasteiger partial charge in [-0.25, -0.2) is 8.42 Å². The van der Waals surface area contributed by atoms with Gasteiger partial charge in [0.15, 0.2) is 0 Å². The first-order chi connectivity index (χ1) is 12.4. The summed E-state index contributed by atoms with van der Waals surface area (Å²) in [4.78, 5) is 16.3. The highest BCUT2D eigenvalue weighted by atomic mass is 35.5. The first-order valence-corrected chi connectivity index (χ1v) is 9.33. The van der Waals surface area contributed by atoms with E-state index in [4.69, 9.17) is 0 Å². The summed E-state index contributed by atoms with van der Waals surface area (Å²) in [7, 11) is -3.80. The quantitative estimate of drug-likeness (QED) is 0.648. The number of hydrogen-bond acceptors (Lipinski definition) is 4. The van der Waals surface area contributed by atoms with Gasteiger partial charge in [0, 0.05) is 17.4 Å². The van der Waals surface area contributed by atoms with Crippen molar-refractivity contribution < 1.29 is 25.6 Å².